The zero-order valence-corrected chi connectivity index (χ0v) is 17.9. The van der Waals surface area contributed by atoms with Crippen LogP contribution in [0.25, 0.3) is 0 Å². The van der Waals surface area contributed by atoms with Crippen LogP contribution in [0.5, 0.6) is 0 Å². The van der Waals surface area contributed by atoms with Crippen LogP contribution >= 0.6 is 0 Å². The fourth-order valence-corrected chi connectivity index (χ4v) is 18.2. The molecule has 1 aliphatic rings. The highest BCUT2D eigenvalue weighted by atomic mass is 28.4. The van der Waals surface area contributed by atoms with Gasteiger partial charge >= 0.3 is 5.97 Å². The molecule has 0 N–H and O–H groups in total. The molecule has 0 saturated carbocycles. The van der Waals surface area contributed by atoms with Crippen molar-refractivity contribution in [1.82, 2.24) is 4.98 Å². The molecule has 2 heterocycles. The lowest BCUT2D eigenvalue weighted by atomic mass is 10.3. The molecule has 22 heavy (non-hydrogen) atoms. The maximum atomic E-state index is 12.1. The maximum Gasteiger partial charge on any atom is 0.343 e. The molecule has 0 atom stereocenters. The van der Waals surface area contributed by atoms with Gasteiger partial charge in [-0.05, 0) is 43.9 Å². The van der Waals surface area contributed by atoms with Gasteiger partial charge in [-0.1, -0.05) is 26.2 Å². The lowest BCUT2D eigenvalue weighted by molar-refractivity contribution is 0.0718. The van der Waals surface area contributed by atoms with Gasteiger partial charge in [-0.3, -0.25) is 0 Å². The highest BCUT2D eigenvalue weighted by molar-refractivity contribution is 7.04. The molecule has 1 saturated heterocycles. The van der Waals surface area contributed by atoms with E-state index in [1.165, 1.54) is 17.8 Å². The minimum atomic E-state index is -1.87. The van der Waals surface area contributed by atoms with E-state index in [0.717, 1.165) is 0 Å². The Balaban J connectivity index is 2.24. The summed E-state index contributed by atoms with van der Waals surface area (Å²) in [6, 6.07) is 6.59. The van der Waals surface area contributed by atoms with Gasteiger partial charge in [-0.15, -0.1) is 0 Å². The first kappa shape index (κ1) is 17.4. The lowest BCUT2D eigenvalue weighted by Crippen LogP contribution is -2.55. The molecule has 1 fully saturated rings. The number of anilines is 1. The van der Waals surface area contributed by atoms with Crippen molar-refractivity contribution in [1.29, 1.82) is 0 Å². The Hall–Kier alpha value is -0.929. The topological polar surface area (TPSA) is 42.4 Å². The van der Waals surface area contributed by atoms with Gasteiger partial charge in [0.25, 0.3) is 0 Å². The summed E-state index contributed by atoms with van der Waals surface area (Å²) in [7, 11) is -4.64. The second-order valence-corrected chi connectivity index (χ2v) is 22.4. The van der Waals surface area contributed by atoms with Crippen LogP contribution in [-0.4, -0.2) is 35.7 Å². The van der Waals surface area contributed by atoms with Crippen molar-refractivity contribution in [2.45, 2.75) is 57.9 Å². The molecule has 2 rings (SSSR count). The summed E-state index contributed by atoms with van der Waals surface area (Å²) in [5, 5.41) is 0. The molecule has 1 aromatic heterocycles. The van der Waals surface area contributed by atoms with Crippen LogP contribution in [0.3, 0.4) is 0 Å². The number of carbonyl (C=O) groups is 1. The van der Waals surface area contributed by atoms with E-state index in [4.69, 9.17) is 4.43 Å². The Morgan fingerprint density at radius 1 is 1.14 bits per heavy atom. The van der Waals surface area contributed by atoms with E-state index in [1.807, 2.05) is 31.9 Å². The van der Waals surface area contributed by atoms with Crippen LogP contribution in [-0.2, 0) is 4.43 Å². The quantitative estimate of drug-likeness (QED) is 0.761. The van der Waals surface area contributed by atoms with E-state index in [9.17, 15) is 4.79 Å². The molecule has 0 bridgehead atoms. The number of rotatable bonds is 3. The number of nitrogens with zero attached hydrogens (tertiary/aromatic N) is 2. The van der Waals surface area contributed by atoms with E-state index in [2.05, 4.69) is 41.5 Å². The highest BCUT2D eigenvalue weighted by Crippen LogP contribution is 2.40. The second kappa shape index (κ2) is 5.61. The van der Waals surface area contributed by atoms with Gasteiger partial charge in [0.2, 0.25) is 8.32 Å². The van der Waals surface area contributed by atoms with Crippen molar-refractivity contribution < 1.29 is 9.22 Å². The molecule has 1 aliphatic heterocycles. The number of aromatic nitrogens is 1. The van der Waals surface area contributed by atoms with Crippen molar-refractivity contribution in [2.75, 3.05) is 4.23 Å². The Bertz CT molecular complexity index is 549. The van der Waals surface area contributed by atoms with Gasteiger partial charge in [0.05, 0.1) is 0 Å². The van der Waals surface area contributed by atoms with Crippen molar-refractivity contribution in [2.24, 2.45) is 0 Å². The summed E-state index contributed by atoms with van der Waals surface area (Å²) < 4.78 is 8.21. The fourth-order valence-electron chi connectivity index (χ4n) is 3.32. The summed E-state index contributed by atoms with van der Waals surface area (Å²) in [6.45, 7) is 15.7. The zero-order chi connectivity index (χ0) is 16.8. The molecule has 122 valence electrons. The van der Waals surface area contributed by atoms with E-state index < -0.39 is 24.8 Å². The minimum absolute atomic E-state index is 0.292. The molecule has 7 heteroatoms. The maximum absolute atomic E-state index is 12.1. The van der Waals surface area contributed by atoms with Crippen LogP contribution in [0.2, 0.25) is 57.9 Å². The van der Waals surface area contributed by atoms with Crippen molar-refractivity contribution in [3.05, 3.63) is 24.0 Å². The molecular formula is C15H28N2O2Si3. The third kappa shape index (κ3) is 3.69. The standard InChI is InChI=1S/C15H28N2O2Si3/c1-20(2,3)19-15(18)14-9-8-13(12-16-14)17-21(4,5)10-11-22(17,6)7/h8-9,12H,10-11H2,1-7H3. The summed E-state index contributed by atoms with van der Waals surface area (Å²) in [5.74, 6) is -0.292. The molecule has 0 unspecified atom stereocenters. The van der Waals surface area contributed by atoms with Crippen LogP contribution in [0.15, 0.2) is 18.3 Å². The van der Waals surface area contributed by atoms with Gasteiger partial charge in [-0.25, -0.2) is 9.78 Å². The predicted molar refractivity (Wildman–Crippen MR) is 100 cm³/mol. The van der Waals surface area contributed by atoms with Gasteiger partial charge in [0, 0.05) is 11.9 Å². The van der Waals surface area contributed by atoms with Gasteiger partial charge < -0.3 is 8.66 Å². The SMILES string of the molecule is C[Si](C)(C)OC(=O)c1ccc(N2[Si](C)(C)CC[Si]2(C)C)cn1. The summed E-state index contributed by atoms with van der Waals surface area (Å²) >= 11 is 0. The first-order chi connectivity index (χ1) is 9.92. The highest BCUT2D eigenvalue weighted by Gasteiger charge is 2.47. The molecular weight excluding hydrogens is 324 g/mol. The monoisotopic (exact) mass is 352 g/mol. The number of hydrogen-bond donors (Lipinski definition) is 0. The van der Waals surface area contributed by atoms with Crippen molar-refractivity contribution >= 4 is 36.4 Å². The normalized spacial score (nSPS) is 20.0. The van der Waals surface area contributed by atoms with E-state index in [0.29, 0.717) is 5.69 Å². The van der Waals surface area contributed by atoms with Crippen LogP contribution in [0.1, 0.15) is 10.5 Å². The Morgan fingerprint density at radius 3 is 2.09 bits per heavy atom. The van der Waals surface area contributed by atoms with Crippen LogP contribution < -0.4 is 4.23 Å². The molecule has 0 aromatic carbocycles. The molecule has 0 radical (unpaired) electrons. The van der Waals surface area contributed by atoms with Crippen molar-refractivity contribution in [3.8, 4) is 0 Å². The summed E-state index contributed by atoms with van der Waals surface area (Å²) in [4.78, 5) is 16.5. The molecule has 0 aliphatic carbocycles. The first-order valence-corrected chi connectivity index (χ1v) is 17.6. The average Bonchev–Trinajstić information content (AvgIpc) is 2.57. The van der Waals surface area contributed by atoms with Crippen LogP contribution in [0.4, 0.5) is 5.69 Å². The second-order valence-electron chi connectivity index (χ2n) is 8.36. The van der Waals surface area contributed by atoms with Gasteiger partial charge in [0.15, 0.2) is 0 Å². The van der Waals surface area contributed by atoms with Crippen LogP contribution in [0, 0.1) is 0 Å². The largest absolute Gasteiger partial charge is 0.515 e. The number of carbonyl (C=O) groups excluding carboxylic acids is 1. The fraction of sp³-hybridized carbons (Fsp3) is 0.600. The third-order valence-electron chi connectivity index (χ3n) is 4.17. The Morgan fingerprint density at radius 2 is 1.68 bits per heavy atom. The molecule has 4 nitrogen and oxygen atoms in total. The molecule has 0 amide bonds. The summed E-state index contributed by atoms with van der Waals surface area (Å²) in [5.41, 5.74) is 1.61. The lowest BCUT2D eigenvalue weighted by Gasteiger charge is -2.41. The number of hydrogen-bond acceptors (Lipinski definition) is 4. The van der Waals surface area contributed by atoms with E-state index in [-0.39, 0.29) is 5.97 Å². The average molecular weight is 353 g/mol. The smallest absolute Gasteiger partial charge is 0.343 e. The Kier molecular flexibility index (Phi) is 4.44. The zero-order valence-electron chi connectivity index (χ0n) is 14.9. The van der Waals surface area contributed by atoms with E-state index in [1.54, 1.807) is 0 Å². The van der Waals surface area contributed by atoms with Gasteiger partial charge in [0.1, 0.15) is 22.2 Å². The Labute approximate surface area is 137 Å². The third-order valence-corrected chi connectivity index (χ3v) is 15.0. The minimum Gasteiger partial charge on any atom is -0.515 e. The molecule has 0 spiro atoms. The number of pyridine rings is 1. The molecule has 1 aromatic rings. The van der Waals surface area contributed by atoms with Crippen molar-refractivity contribution in [3.63, 3.8) is 0 Å². The van der Waals surface area contributed by atoms with E-state index >= 15 is 0 Å². The first-order valence-electron chi connectivity index (χ1n) is 7.92. The summed E-state index contributed by atoms with van der Waals surface area (Å²) in [6.07, 6.45) is 1.87. The predicted octanol–water partition coefficient (Wildman–Crippen LogP) is 4.30. The van der Waals surface area contributed by atoms with Gasteiger partial charge in [-0.2, -0.15) is 0 Å².